The summed E-state index contributed by atoms with van der Waals surface area (Å²) in [6.07, 6.45) is 3.65. The van der Waals surface area contributed by atoms with Gasteiger partial charge in [0.1, 0.15) is 5.69 Å². The van der Waals surface area contributed by atoms with Gasteiger partial charge in [-0.3, -0.25) is 4.79 Å². The number of benzene rings is 1. The van der Waals surface area contributed by atoms with Crippen molar-refractivity contribution in [3.05, 3.63) is 52.8 Å². The van der Waals surface area contributed by atoms with Crippen LogP contribution in [0, 0.1) is 0 Å². The molecule has 0 saturated carbocycles. The van der Waals surface area contributed by atoms with E-state index in [1.54, 1.807) is 12.3 Å². The van der Waals surface area contributed by atoms with E-state index in [4.69, 9.17) is 11.6 Å². The molecule has 4 nitrogen and oxygen atoms in total. The number of halogens is 1. The van der Waals surface area contributed by atoms with Crippen LogP contribution in [0.25, 0.3) is 0 Å². The first-order chi connectivity index (χ1) is 10.2. The number of carbonyl (C=O) groups excluding carboxylic acids is 1. The zero-order valence-corrected chi connectivity index (χ0v) is 12.5. The molecular formula is C16H18ClN3O. The highest BCUT2D eigenvalue weighted by molar-refractivity contribution is 6.30. The molecule has 1 aliphatic heterocycles. The van der Waals surface area contributed by atoms with Gasteiger partial charge in [-0.25, -0.2) is 0 Å². The molecule has 3 rings (SSSR count). The molecule has 0 spiro atoms. The van der Waals surface area contributed by atoms with Crippen molar-refractivity contribution < 1.29 is 4.79 Å². The van der Waals surface area contributed by atoms with Crippen LogP contribution in [0.1, 0.15) is 22.5 Å². The number of para-hydroxylation sites is 1. The first-order valence-electron chi connectivity index (χ1n) is 7.19. The minimum atomic E-state index is -0.108. The van der Waals surface area contributed by atoms with E-state index in [2.05, 4.69) is 39.5 Å². The minimum absolute atomic E-state index is 0.108. The van der Waals surface area contributed by atoms with E-state index in [1.807, 2.05) is 0 Å². The van der Waals surface area contributed by atoms with Crippen LogP contribution in [0.15, 0.2) is 36.5 Å². The maximum Gasteiger partial charge on any atom is 0.267 e. The Labute approximate surface area is 129 Å². The van der Waals surface area contributed by atoms with E-state index < -0.39 is 0 Å². The third-order valence-electron chi connectivity index (χ3n) is 3.77. The number of rotatable bonds is 5. The van der Waals surface area contributed by atoms with Crippen molar-refractivity contribution in [2.75, 3.05) is 24.5 Å². The van der Waals surface area contributed by atoms with Gasteiger partial charge >= 0.3 is 0 Å². The van der Waals surface area contributed by atoms with Crippen molar-refractivity contribution >= 4 is 23.2 Å². The third kappa shape index (κ3) is 3.22. The Hall–Kier alpha value is -1.94. The number of nitrogens with zero attached hydrogens (tertiary/aromatic N) is 1. The molecule has 0 atom stereocenters. The Morgan fingerprint density at radius 2 is 2.24 bits per heavy atom. The smallest absolute Gasteiger partial charge is 0.267 e. The molecular weight excluding hydrogens is 286 g/mol. The van der Waals surface area contributed by atoms with Crippen LogP contribution in [0.2, 0.25) is 5.02 Å². The topological polar surface area (TPSA) is 48.1 Å². The van der Waals surface area contributed by atoms with Gasteiger partial charge in [-0.1, -0.05) is 29.8 Å². The normalized spacial score (nSPS) is 13.3. The van der Waals surface area contributed by atoms with Crippen LogP contribution in [0.4, 0.5) is 5.69 Å². The third-order valence-corrected chi connectivity index (χ3v) is 3.98. The molecule has 0 unspecified atom stereocenters. The van der Waals surface area contributed by atoms with E-state index in [0.717, 1.165) is 25.9 Å². The van der Waals surface area contributed by atoms with Crippen molar-refractivity contribution in [1.82, 2.24) is 10.3 Å². The summed E-state index contributed by atoms with van der Waals surface area (Å²) < 4.78 is 0. The van der Waals surface area contributed by atoms with Gasteiger partial charge in [-0.2, -0.15) is 0 Å². The molecule has 1 aromatic heterocycles. The van der Waals surface area contributed by atoms with Crippen LogP contribution in [0.5, 0.6) is 0 Å². The van der Waals surface area contributed by atoms with Gasteiger partial charge in [0.05, 0.1) is 5.02 Å². The van der Waals surface area contributed by atoms with Gasteiger partial charge < -0.3 is 15.2 Å². The molecule has 21 heavy (non-hydrogen) atoms. The van der Waals surface area contributed by atoms with Crippen LogP contribution < -0.4 is 10.2 Å². The maximum absolute atomic E-state index is 11.8. The monoisotopic (exact) mass is 303 g/mol. The molecule has 0 saturated heterocycles. The number of anilines is 1. The van der Waals surface area contributed by atoms with Crippen molar-refractivity contribution in [2.45, 2.75) is 12.8 Å². The number of hydrogen-bond acceptors (Lipinski definition) is 2. The van der Waals surface area contributed by atoms with E-state index >= 15 is 0 Å². The molecule has 5 heteroatoms. The van der Waals surface area contributed by atoms with E-state index in [9.17, 15) is 4.79 Å². The highest BCUT2D eigenvalue weighted by Crippen LogP contribution is 2.27. The fraction of sp³-hybridized carbons (Fsp3) is 0.312. The number of carbonyl (C=O) groups is 1. The van der Waals surface area contributed by atoms with Crippen molar-refractivity contribution in [3.8, 4) is 0 Å². The number of aromatic nitrogens is 1. The largest absolute Gasteiger partial charge is 0.371 e. The SMILES string of the molecule is O=C(NCCCN1CCc2ccccc21)c1cc(Cl)c[nH]1. The molecule has 1 aromatic carbocycles. The summed E-state index contributed by atoms with van der Waals surface area (Å²) >= 11 is 5.78. The fourth-order valence-corrected chi connectivity index (χ4v) is 2.87. The highest BCUT2D eigenvalue weighted by Gasteiger charge is 2.17. The zero-order chi connectivity index (χ0) is 14.7. The molecule has 1 amide bonds. The summed E-state index contributed by atoms with van der Waals surface area (Å²) in [6, 6.07) is 10.2. The molecule has 110 valence electrons. The number of amides is 1. The van der Waals surface area contributed by atoms with Gasteiger partial charge in [-0.05, 0) is 30.5 Å². The number of H-pyrrole nitrogens is 1. The van der Waals surface area contributed by atoms with Gasteiger partial charge in [0.2, 0.25) is 0 Å². The van der Waals surface area contributed by atoms with Gasteiger partial charge in [0.15, 0.2) is 0 Å². The predicted octanol–water partition coefficient (Wildman–Crippen LogP) is 2.85. The van der Waals surface area contributed by atoms with Gasteiger partial charge in [0, 0.05) is 31.5 Å². The van der Waals surface area contributed by atoms with E-state index in [1.165, 1.54) is 11.3 Å². The van der Waals surface area contributed by atoms with Crippen molar-refractivity contribution in [1.29, 1.82) is 0 Å². The standard InChI is InChI=1S/C16H18ClN3O/c17-13-10-14(19-11-13)16(21)18-7-3-8-20-9-6-12-4-1-2-5-15(12)20/h1-2,4-5,10-11,19H,3,6-9H2,(H,18,21). The first kappa shape index (κ1) is 14.0. The summed E-state index contributed by atoms with van der Waals surface area (Å²) in [5.41, 5.74) is 3.26. The lowest BCUT2D eigenvalue weighted by Crippen LogP contribution is -2.29. The summed E-state index contributed by atoms with van der Waals surface area (Å²) in [5.74, 6) is -0.108. The summed E-state index contributed by atoms with van der Waals surface area (Å²) in [4.78, 5) is 17.1. The number of nitrogens with one attached hydrogen (secondary N) is 2. The Morgan fingerprint density at radius 1 is 1.38 bits per heavy atom. The van der Waals surface area contributed by atoms with Crippen LogP contribution in [-0.4, -0.2) is 30.5 Å². The number of hydrogen-bond donors (Lipinski definition) is 2. The predicted molar refractivity (Wildman–Crippen MR) is 85.1 cm³/mol. The Bertz CT molecular complexity index is 638. The fourth-order valence-electron chi connectivity index (χ4n) is 2.70. The zero-order valence-electron chi connectivity index (χ0n) is 11.7. The van der Waals surface area contributed by atoms with Crippen LogP contribution in [0.3, 0.4) is 0 Å². The van der Waals surface area contributed by atoms with Crippen molar-refractivity contribution in [2.24, 2.45) is 0 Å². The minimum Gasteiger partial charge on any atom is -0.371 e. The lowest BCUT2D eigenvalue weighted by atomic mass is 10.2. The molecule has 2 aromatic rings. The number of aromatic amines is 1. The summed E-state index contributed by atoms with van der Waals surface area (Å²) in [6.45, 7) is 2.69. The second-order valence-corrected chi connectivity index (χ2v) is 5.64. The molecule has 0 aliphatic carbocycles. The Kier molecular flexibility index (Phi) is 4.15. The molecule has 1 aliphatic rings. The highest BCUT2D eigenvalue weighted by atomic mass is 35.5. The molecule has 2 N–H and O–H groups in total. The number of fused-ring (bicyclic) bond motifs is 1. The second kappa shape index (κ2) is 6.22. The average Bonchev–Trinajstić information content (AvgIpc) is 3.10. The van der Waals surface area contributed by atoms with Gasteiger partial charge in [-0.15, -0.1) is 0 Å². The second-order valence-electron chi connectivity index (χ2n) is 5.21. The average molecular weight is 304 g/mol. The molecule has 0 fully saturated rings. The quantitative estimate of drug-likeness (QED) is 0.835. The molecule has 0 radical (unpaired) electrons. The van der Waals surface area contributed by atoms with Gasteiger partial charge in [0.25, 0.3) is 5.91 Å². The Morgan fingerprint density at radius 3 is 3.05 bits per heavy atom. The summed E-state index contributed by atoms with van der Waals surface area (Å²) in [5, 5.41) is 3.45. The molecule has 0 bridgehead atoms. The van der Waals surface area contributed by atoms with E-state index in [0.29, 0.717) is 17.3 Å². The molecule has 2 heterocycles. The lowest BCUT2D eigenvalue weighted by molar-refractivity contribution is 0.0949. The lowest BCUT2D eigenvalue weighted by Gasteiger charge is -2.19. The maximum atomic E-state index is 11.8. The van der Waals surface area contributed by atoms with E-state index in [-0.39, 0.29) is 5.91 Å². The Balaban J connectivity index is 1.44. The first-order valence-corrected chi connectivity index (χ1v) is 7.57. The summed E-state index contributed by atoms with van der Waals surface area (Å²) in [7, 11) is 0. The van der Waals surface area contributed by atoms with Crippen LogP contribution >= 0.6 is 11.6 Å². The van der Waals surface area contributed by atoms with Crippen LogP contribution in [-0.2, 0) is 6.42 Å². The van der Waals surface area contributed by atoms with Crippen molar-refractivity contribution in [3.63, 3.8) is 0 Å².